The molecule has 0 bridgehead atoms. The predicted octanol–water partition coefficient (Wildman–Crippen LogP) is 1.55. The van der Waals surface area contributed by atoms with Crippen molar-refractivity contribution in [2.45, 2.75) is 30.3 Å². The summed E-state index contributed by atoms with van der Waals surface area (Å²) in [6.45, 7) is 1.27. The van der Waals surface area contributed by atoms with Gasteiger partial charge < -0.3 is 10.0 Å². The number of benzene rings is 1. The molecule has 4 nitrogen and oxygen atoms in total. The van der Waals surface area contributed by atoms with Crippen LogP contribution in [0.5, 0.6) is 0 Å². The summed E-state index contributed by atoms with van der Waals surface area (Å²) < 4.78 is 24.3. The lowest BCUT2D eigenvalue weighted by Gasteiger charge is -2.22. The molecular formula is C15H23NO3S. The fourth-order valence-corrected chi connectivity index (χ4v) is 4.10. The van der Waals surface area contributed by atoms with E-state index in [4.69, 9.17) is 0 Å². The van der Waals surface area contributed by atoms with E-state index < -0.39 is 9.84 Å². The Labute approximate surface area is 121 Å². The summed E-state index contributed by atoms with van der Waals surface area (Å²) in [5.41, 5.74) is 0. The minimum Gasteiger partial charge on any atom is -0.393 e. The van der Waals surface area contributed by atoms with E-state index in [0.29, 0.717) is 17.4 Å². The number of sulfone groups is 1. The van der Waals surface area contributed by atoms with Crippen LogP contribution >= 0.6 is 0 Å². The number of aliphatic hydroxyl groups excluding tert-OH is 1. The van der Waals surface area contributed by atoms with Crippen LogP contribution in [0.3, 0.4) is 0 Å². The first-order valence-electron chi connectivity index (χ1n) is 7.13. The van der Waals surface area contributed by atoms with Crippen LogP contribution in [0.25, 0.3) is 0 Å². The maximum atomic E-state index is 12.2. The minimum absolute atomic E-state index is 0.121. The summed E-state index contributed by atoms with van der Waals surface area (Å²) in [5.74, 6) is 0.412. The third-order valence-corrected chi connectivity index (χ3v) is 5.72. The van der Waals surface area contributed by atoms with Crippen LogP contribution in [0.2, 0.25) is 0 Å². The third kappa shape index (κ3) is 4.04. The molecule has 0 saturated heterocycles. The summed E-state index contributed by atoms with van der Waals surface area (Å²) in [5, 5.41) is 9.80. The predicted molar refractivity (Wildman–Crippen MR) is 79.3 cm³/mol. The highest BCUT2D eigenvalue weighted by atomic mass is 32.2. The lowest BCUT2D eigenvalue weighted by molar-refractivity contribution is 0.111. The van der Waals surface area contributed by atoms with E-state index in [1.165, 1.54) is 0 Å². The molecular weight excluding hydrogens is 274 g/mol. The van der Waals surface area contributed by atoms with Gasteiger partial charge in [0.05, 0.1) is 16.8 Å². The van der Waals surface area contributed by atoms with Gasteiger partial charge in [0, 0.05) is 13.1 Å². The standard InChI is InChI=1S/C15H23NO3S/c1-16(12-13-6-5-9-15(13)17)10-11-20(18,19)14-7-3-2-4-8-14/h2-4,7-8,13,15,17H,5-6,9-12H2,1H3. The fraction of sp³-hybridized carbons (Fsp3) is 0.600. The molecule has 2 rings (SSSR count). The molecule has 2 unspecified atom stereocenters. The quantitative estimate of drug-likeness (QED) is 0.865. The van der Waals surface area contributed by atoms with E-state index in [0.717, 1.165) is 25.8 Å². The van der Waals surface area contributed by atoms with Crippen molar-refractivity contribution in [2.24, 2.45) is 5.92 Å². The Morgan fingerprint density at radius 2 is 1.95 bits per heavy atom. The van der Waals surface area contributed by atoms with Crippen LogP contribution in [0.1, 0.15) is 19.3 Å². The van der Waals surface area contributed by atoms with Gasteiger partial charge in [0.15, 0.2) is 9.84 Å². The SMILES string of the molecule is CN(CCS(=O)(=O)c1ccccc1)CC1CCCC1O. The van der Waals surface area contributed by atoms with Crippen molar-refractivity contribution < 1.29 is 13.5 Å². The number of nitrogens with zero attached hydrogens (tertiary/aromatic N) is 1. The van der Waals surface area contributed by atoms with Gasteiger partial charge in [-0.1, -0.05) is 24.6 Å². The van der Waals surface area contributed by atoms with Gasteiger partial charge in [0.1, 0.15) is 0 Å². The first-order chi connectivity index (χ1) is 9.49. The Morgan fingerprint density at radius 3 is 2.55 bits per heavy atom. The number of hydrogen-bond donors (Lipinski definition) is 1. The highest BCUT2D eigenvalue weighted by Crippen LogP contribution is 2.26. The van der Waals surface area contributed by atoms with Crippen LogP contribution in [0.15, 0.2) is 35.2 Å². The topological polar surface area (TPSA) is 57.6 Å². The summed E-state index contributed by atoms with van der Waals surface area (Å²) in [4.78, 5) is 2.40. The van der Waals surface area contributed by atoms with Gasteiger partial charge in [-0.2, -0.15) is 0 Å². The Bertz CT molecular complexity index is 515. The van der Waals surface area contributed by atoms with Crippen LogP contribution in [0, 0.1) is 5.92 Å². The van der Waals surface area contributed by atoms with Crippen molar-refractivity contribution >= 4 is 9.84 Å². The highest BCUT2D eigenvalue weighted by Gasteiger charge is 2.26. The van der Waals surface area contributed by atoms with E-state index in [2.05, 4.69) is 0 Å². The van der Waals surface area contributed by atoms with Crippen LogP contribution in [-0.2, 0) is 9.84 Å². The van der Waals surface area contributed by atoms with E-state index in [1.807, 2.05) is 18.0 Å². The average Bonchev–Trinajstić information content (AvgIpc) is 2.83. The summed E-state index contributed by atoms with van der Waals surface area (Å²) >= 11 is 0. The summed E-state index contributed by atoms with van der Waals surface area (Å²) in [6.07, 6.45) is 2.77. The Balaban J connectivity index is 1.85. The summed E-state index contributed by atoms with van der Waals surface area (Å²) in [7, 11) is -1.28. The normalized spacial score (nSPS) is 23.4. The number of rotatable bonds is 6. The summed E-state index contributed by atoms with van der Waals surface area (Å²) in [6, 6.07) is 8.57. The molecule has 1 aliphatic carbocycles. The Morgan fingerprint density at radius 1 is 1.25 bits per heavy atom. The third-order valence-electron chi connectivity index (χ3n) is 4.01. The van der Waals surface area contributed by atoms with Crippen molar-refractivity contribution in [3.05, 3.63) is 30.3 Å². The molecule has 1 aromatic carbocycles. The lowest BCUT2D eigenvalue weighted by atomic mass is 10.1. The van der Waals surface area contributed by atoms with E-state index in [-0.39, 0.29) is 11.9 Å². The van der Waals surface area contributed by atoms with Crippen molar-refractivity contribution in [1.29, 1.82) is 0 Å². The molecule has 1 fully saturated rings. The van der Waals surface area contributed by atoms with Gasteiger partial charge >= 0.3 is 0 Å². The Hall–Kier alpha value is -0.910. The maximum absolute atomic E-state index is 12.2. The molecule has 1 aromatic rings. The van der Waals surface area contributed by atoms with Crippen molar-refractivity contribution in [1.82, 2.24) is 4.90 Å². The molecule has 1 N–H and O–H groups in total. The Kier molecular flexibility index (Phi) is 5.18. The van der Waals surface area contributed by atoms with E-state index >= 15 is 0 Å². The molecule has 5 heteroatoms. The molecule has 0 radical (unpaired) electrons. The molecule has 2 atom stereocenters. The second kappa shape index (κ2) is 6.70. The van der Waals surface area contributed by atoms with Gasteiger partial charge in [-0.15, -0.1) is 0 Å². The molecule has 0 amide bonds. The molecule has 0 aliphatic heterocycles. The molecule has 1 saturated carbocycles. The average molecular weight is 297 g/mol. The highest BCUT2D eigenvalue weighted by molar-refractivity contribution is 7.91. The zero-order valence-corrected chi connectivity index (χ0v) is 12.7. The second-order valence-corrected chi connectivity index (χ2v) is 7.76. The second-order valence-electron chi connectivity index (χ2n) is 5.65. The van der Waals surface area contributed by atoms with Gasteiger partial charge in [-0.3, -0.25) is 0 Å². The van der Waals surface area contributed by atoms with Gasteiger partial charge in [-0.25, -0.2) is 8.42 Å². The monoisotopic (exact) mass is 297 g/mol. The molecule has 112 valence electrons. The van der Waals surface area contributed by atoms with Gasteiger partial charge in [0.2, 0.25) is 0 Å². The lowest BCUT2D eigenvalue weighted by Crippen LogP contribution is -2.33. The smallest absolute Gasteiger partial charge is 0.179 e. The maximum Gasteiger partial charge on any atom is 0.179 e. The van der Waals surface area contributed by atoms with Crippen LogP contribution < -0.4 is 0 Å². The van der Waals surface area contributed by atoms with Crippen molar-refractivity contribution in [3.8, 4) is 0 Å². The van der Waals surface area contributed by atoms with Gasteiger partial charge in [0.25, 0.3) is 0 Å². The molecule has 0 aromatic heterocycles. The van der Waals surface area contributed by atoms with Gasteiger partial charge in [-0.05, 0) is 37.9 Å². The fourth-order valence-electron chi connectivity index (χ4n) is 2.74. The zero-order chi connectivity index (χ0) is 14.6. The van der Waals surface area contributed by atoms with E-state index in [9.17, 15) is 13.5 Å². The minimum atomic E-state index is -3.21. The molecule has 1 aliphatic rings. The number of hydrogen-bond acceptors (Lipinski definition) is 4. The van der Waals surface area contributed by atoms with Crippen molar-refractivity contribution in [2.75, 3.05) is 25.9 Å². The number of aliphatic hydroxyl groups is 1. The molecule has 0 spiro atoms. The first kappa shape index (κ1) is 15.5. The first-order valence-corrected chi connectivity index (χ1v) is 8.79. The van der Waals surface area contributed by atoms with Crippen LogP contribution in [-0.4, -0.2) is 50.4 Å². The van der Waals surface area contributed by atoms with Crippen molar-refractivity contribution in [3.63, 3.8) is 0 Å². The van der Waals surface area contributed by atoms with E-state index in [1.54, 1.807) is 24.3 Å². The molecule has 20 heavy (non-hydrogen) atoms. The zero-order valence-electron chi connectivity index (χ0n) is 11.9. The van der Waals surface area contributed by atoms with Crippen LogP contribution in [0.4, 0.5) is 0 Å². The molecule has 0 heterocycles. The largest absolute Gasteiger partial charge is 0.393 e.